The summed E-state index contributed by atoms with van der Waals surface area (Å²) in [6.45, 7) is 23.8. The largest absolute Gasteiger partial charge is 0.543 e. The van der Waals surface area contributed by atoms with Crippen molar-refractivity contribution in [2.24, 2.45) is 5.92 Å². The first-order chi connectivity index (χ1) is 23.7. The van der Waals surface area contributed by atoms with E-state index in [0.717, 1.165) is 16.7 Å². The lowest BCUT2D eigenvalue weighted by molar-refractivity contribution is -0.154. The van der Waals surface area contributed by atoms with Crippen LogP contribution in [0.1, 0.15) is 84.9 Å². The van der Waals surface area contributed by atoms with E-state index in [-0.39, 0.29) is 24.0 Å². The molecule has 3 rings (SSSR count). The molecular weight excluding hydrogens is 665 g/mol. The van der Waals surface area contributed by atoms with Gasteiger partial charge in [-0.3, -0.25) is 19.4 Å². The van der Waals surface area contributed by atoms with Gasteiger partial charge < -0.3 is 24.5 Å². The van der Waals surface area contributed by atoms with E-state index in [1.807, 2.05) is 48.5 Å². The summed E-state index contributed by atoms with van der Waals surface area (Å²) in [5.74, 6) is -1.04. The molecule has 12 heteroatoms. The number of carbonyl (C=O) groups excluding carboxylic acids is 4. The summed E-state index contributed by atoms with van der Waals surface area (Å²) < 4.78 is 17.6. The second-order valence-electron chi connectivity index (χ2n) is 16.0. The Balaban J connectivity index is 1.84. The van der Waals surface area contributed by atoms with E-state index in [0.29, 0.717) is 25.1 Å². The normalized spacial score (nSPS) is 16.5. The number of hydrazine groups is 1. The number of esters is 1. The fourth-order valence-corrected chi connectivity index (χ4v) is 6.24. The van der Waals surface area contributed by atoms with Gasteiger partial charge in [-0.05, 0) is 92.6 Å². The number of benzene rings is 2. The summed E-state index contributed by atoms with van der Waals surface area (Å²) in [5, 5.41) is 6.95. The number of nitrogens with one attached hydrogen (secondary N) is 3. The maximum absolute atomic E-state index is 14.3. The van der Waals surface area contributed by atoms with Crippen molar-refractivity contribution in [3.05, 3.63) is 71.8 Å². The Morgan fingerprint density at radius 2 is 1.67 bits per heavy atom. The van der Waals surface area contributed by atoms with Gasteiger partial charge in [0.15, 0.2) is 0 Å². The Labute approximate surface area is 305 Å². The van der Waals surface area contributed by atoms with Gasteiger partial charge in [-0.25, -0.2) is 10.2 Å². The molecule has 0 aromatic heterocycles. The van der Waals surface area contributed by atoms with E-state index in [1.165, 1.54) is 5.01 Å². The molecule has 0 spiro atoms. The molecule has 3 N–H and O–H groups in total. The highest BCUT2D eigenvalue weighted by atomic mass is 28.4. The predicted molar refractivity (Wildman–Crippen MR) is 202 cm³/mol. The van der Waals surface area contributed by atoms with Crippen molar-refractivity contribution in [1.82, 2.24) is 21.1 Å². The van der Waals surface area contributed by atoms with Gasteiger partial charge >= 0.3 is 12.1 Å². The maximum Gasteiger partial charge on any atom is 0.408 e. The van der Waals surface area contributed by atoms with Crippen molar-refractivity contribution in [3.8, 4) is 5.75 Å². The number of ether oxygens (including phenoxy) is 2. The zero-order valence-electron chi connectivity index (χ0n) is 32.1. The number of rotatable bonds is 13. The molecule has 3 amide bonds. The Morgan fingerprint density at radius 1 is 1.00 bits per heavy atom. The van der Waals surface area contributed by atoms with Gasteiger partial charge in [0.1, 0.15) is 36.1 Å². The summed E-state index contributed by atoms with van der Waals surface area (Å²) >= 11 is 0. The summed E-state index contributed by atoms with van der Waals surface area (Å²) in [4.78, 5) is 53.9. The van der Waals surface area contributed by atoms with E-state index in [4.69, 9.17) is 13.9 Å². The van der Waals surface area contributed by atoms with Crippen LogP contribution in [0.2, 0.25) is 18.1 Å². The van der Waals surface area contributed by atoms with Crippen LogP contribution in [0.15, 0.2) is 55.1 Å². The first-order valence-electron chi connectivity index (χ1n) is 17.7. The van der Waals surface area contributed by atoms with Crippen molar-refractivity contribution < 1.29 is 33.1 Å². The van der Waals surface area contributed by atoms with E-state index < -0.39 is 55.9 Å². The standard InChI is InChI=1S/C39H58N4O7Si/c1-12-27-16-13-18-29(22-27)25-48-36(46)31-20-15-21-43(42-31)35(45)32(40-34(44)33(26(2)3)41-37(47)49-38(4,5)6)24-28-17-14-19-30(23-28)50-51(10,11)39(7,8)9/h12-14,16-19,22-23,26,31-33,42H,1,15,20-21,24-25H2,2-11H3,(H,40,44)(H,41,47). The van der Waals surface area contributed by atoms with Gasteiger partial charge in [-0.1, -0.05) is 77.6 Å². The van der Waals surface area contributed by atoms with Crippen LogP contribution < -0.4 is 20.5 Å². The molecule has 2 aromatic carbocycles. The van der Waals surface area contributed by atoms with Crippen molar-refractivity contribution >= 4 is 38.3 Å². The minimum Gasteiger partial charge on any atom is -0.543 e. The van der Waals surface area contributed by atoms with Crippen LogP contribution in [-0.4, -0.2) is 67.5 Å². The number of hydrogen-bond acceptors (Lipinski definition) is 8. The highest BCUT2D eigenvalue weighted by molar-refractivity contribution is 6.74. The van der Waals surface area contributed by atoms with Crippen LogP contribution in [0.3, 0.4) is 0 Å². The van der Waals surface area contributed by atoms with Crippen molar-refractivity contribution in [1.29, 1.82) is 0 Å². The topological polar surface area (TPSA) is 135 Å². The SMILES string of the molecule is C=Cc1cccc(COC(=O)C2CCCN(C(=O)C(Cc3cccc(O[Si](C)(C)C(C)(C)C)c3)NC(=O)C(NC(=O)OC(C)(C)C)C(C)C)N2)c1. The minimum absolute atomic E-state index is 0.0181. The molecule has 51 heavy (non-hydrogen) atoms. The second-order valence-corrected chi connectivity index (χ2v) is 20.7. The summed E-state index contributed by atoms with van der Waals surface area (Å²) in [5.41, 5.74) is 4.82. The number of carbonyl (C=O) groups is 4. The Morgan fingerprint density at radius 3 is 2.29 bits per heavy atom. The fourth-order valence-electron chi connectivity index (χ4n) is 5.22. The third kappa shape index (κ3) is 12.5. The van der Waals surface area contributed by atoms with Crippen LogP contribution in [0.25, 0.3) is 6.08 Å². The predicted octanol–water partition coefficient (Wildman–Crippen LogP) is 6.53. The van der Waals surface area contributed by atoms with Crippen molar-refractivity contribution in [2.45, 2.75) is 123 Å². The van der Waals surface area contributed by atoms with Gasteiger partial charge in [-0.2, -0.15) is 0 Å². The first kappa shape index (κ1) is 41.3. The van der Waals surface area contributed by atoms with Gasteiger partial charge in [0, 0.05) is 13.0 Å². The average Bonchev–Trinajstić information content (AvgIpc) is 3.04. The zero-order chi connectivity index (χ0) is 38.1. The molecule has 2 aromatic rings. The molecule has 0 saturated carbocycles. The summed E-state index contributed by atoms with van der Waals surface area (Å²) in [6.07, 6.45) is 2.17. The second kappa shape index (κ2) is 17.4. The summed E-state index contributed by atoms with van der Waals surface area (Å²) in [6, 6.07) is 12.3. The highest BCUT2D eigenvalue weighted by Crippen LogP contribution is 2.37. The molecule has 1 saturated heterocycles. The third-order valence-electron chi connectivity index (χ3n) is 9.06. The monoisotopic (exact) mass is 722 g/mol. The van der Waals surface area contributed by atoms with Crippen LogP contribution in [0.5, 0.6) is 5.75 Å². The van der Waals surface area contributed by atoms with Gasteiger partial charge in [-0.15, -0.1) is 0 Å². The molecule has 280 valence electrons. The first-order valence-corrected chi connectivity index (χ1v) is 20.6. The quantitative estimate of drug-likeness (QED) is 0.157. The smallest absolute Gasteiger partial charge is 0.408 e. The minimum atomic E-state index is -2.15. The molecule has 1 aliphatic rings. The van der Waals surface area contributed by atoms with Crippen molar-refractivity contribution in [2.75, 3.05) is 6.54 Å². The van der Waals surface area contributed by atoms with E-state index >= 15 is 0 Å². The number of alkyl carbamates (subject to hydrolysis) is 1. The van der Waals surface area contributed by atoms with Gasteiger partial charge in [0.05, 0.1) is 0 Å². The van der Waals surface area contributed by atoms with Gasteiger partial charge in [0.25, 0.3) is 5.91 Å². The lowest BCUT2D eigenvalue weighted by Gasteiger charge is -2.36. The van der Waals surface area contributed by atoms with Crippen LogP contribution >= 0.6 is 0 Å². The van der Waals surface area contributed by atoms with Crippen LogP contribution in [0, 0.1) is 5.92 Å². The average molecular weight is 723 g/mol. The fraction of sp³-hybridized carbons (Fsp3) is 0.538. The number of hydrogen-bond donors (Lipinski definition) is 3. The van der Waals surface area contributed by atoms with Gasteiger partial charge in [0.2, 0.25) is 14.2 Å². The Hall–Kier alpha value is -4.16. The Kier molecular flexibility index (Phi) is 14.1. The number of nitrogens with zero attached hydrogens (tertiary/aromatic N) is 1. The third-order valence-corrected chi connectivity index (χ3v) is 13.4. The van der Waals surface area contributed by atoms with E-state index in [2.05, 4.69) is 56.5 Å². The molecule has 3 atom stereocenters. The van der Waals surface area contributed by atoms with Crippen molar-refractivity contribution in [3.63, 3.8) is 0 Å². The van der Waals surface area contributed by atoms with E-state index in [9.17, 15) is 19.2 Å². The molecule has 0 bridgehead atoms. The highest BCUT2D eigenvalue weighted by Gasteiger charge is 2.39. The number of amides is 3. The summed E-state index contributed by atoms with van der Waals surface area (Å²) in [7, 11) is -2.15. The molecule has 0 radical (unpaired) electrons. The molecule has 11 nitrogen and oxygen atoms in total. The molecular formula is C39H58N4O7Si. The zero-order valence-corrected chi connectivity index (χ0v) is 33.1. The molecule has 0 aliphatic carbocycles. The van der Waals surface area contributed by atoms with E-state index in [1.54, 1.807) is 40.7 Å². The maximum atomic E-state index is 14.3. The Bertz CT molecular complexity index is 1550. The molecule has 1 heterocycles. The lowest BCUT2D eigenvalue weighted by Crippen LogP contribution is -2.62. The molecule has 1 fully saturated rings. The molecule has 1 aliphatic heterocycles. The molecule has 3 unspecified atom stereocenters. The van der Waals surface area contributed by atoms with Crippen LogP contribution in [0.4, 0.5) is 4.79 Å². The van der Waals surface area contributed by atoms with Crippen LogP contribution in [-0.2, 0) is 36.9 Å². The lowest BCUT2D eigenvalue weighted by atomic mass is 10.0.